The lowest BCUT2D eigenvalue weighted by molar-refractivity contribution is -0.0585. The molecule has 0 saturated carbocycles. The maximum Gasteiger partial charge on any atom is 0.320 e. The second-order valence-corrected chi connectivity index (χ2v) is 10.1. The van der Waals surface area contributed by atoms with Crippen molar-refractivity contribution < 1.29 is 14.3 Å². The van der Waals surface area contributed by atoms with Crippen molar-refractivity contribution in [1.29, 1.82) is 5.41 Å². The lowest BCUT2D eigenvalue weighted by Crippen LogP contribution is -2.53. The molecule has 2 atom stereocenters. The molecule has 1 unspecified atom stereocenters. The first kappa shape index (κ1) is 23.3. The first-order chi connectivity index (χ1) is 16.9. The van der Waals surface area contributed by atoms with Gasteiger partial charge in [-0.2, -0.15) is 0 Å². The van der Waals surface area contributed by atoms with Crippen LogP contribution in [0.5, 0.6) is 5.75 Å². The van der Waals surface area contributed by atoms with Crippen molar-refractivity contribution in [3.05, 3.63) is 34.5 Å². The Balaban J connectivity index is 1.44. The number of nitrogens with one attached hydrogen (secondary N) is 2. The molecule has 1 saturated heterocycles. The van der Waals surface area contributed by atoms with Gasteiger partial charge in [-0.25, -0.2) is 14.8 Å². The summed E-state index contributed by atoms with van der Waals surface area (Å²) >= 11 is 1.60. The maximum absolute atomic E-state index is 13.3. The van der Waals surface area contributed by atoms with E-state index in [1.54, 1.807) is 30.6 Å². The van der Waals surface area contributed by atoms with Gasteiger partial charge in [0.05, 0.1) is 36.9 Å². The molecule has 2 aliphatic rings. The minimum Gasteiger partial charge on any atom is -0.494 e. The second kappa shape index (κ2) is 9.31. The summed E-state index contributed by atoms with van der Waals surface area (Å²) in [5, 5.41) is 12.0. The Bertz CT molecular complexity index is 1280. The Labute approximate surface area is 207 Å². The topological polar surface area (TPSA) is 130 Å². The zero-order chi connectivity index (χ0) is 24.7. The van der Waals surface area contributed by atoms with Gasteiger partial charge in [0.2, 0.25) is 0 Å². The highest BCUT2D eigenvalue weighted by molar-refractivity contribution is 7.19. The zero-order valence-corrected chi connectivity index (χ0v) is 20.8. The number of amides is 2. The molecule has 5 rings (SSSR count). The van der Waals surface area contributed by atoms with E-state index >= 15 is 0 Å². The smallest absolute Gasteiger partial charge is 0.320 e. The van der Waals surface area contributed by atoms with E-state index in [9.17, 15) is 4.79 Å². The number of ether oxygens (including phenoxy) is 2. The minimum atomic E-state index is 0.0368. The van der Waals surface area contributed by atoms with Gasteiger partial charge in [0, 0.05) is 48.0 Å². The van der Waals surface area contributed by atoms with Crippen LogP contribution >= 0.6 is 11.3 Å². The standard InChI is InChI=1S/C24H29N7O3S/c1-13-9-31(10-14(2)34-13)24(32)30-5-4-16-20(11-30)35-23-21(16)22(27-12-28-23)29-18-6-15(8-25)17(26)7-19(18)33-3/h6-8,12-14,25H,4-5,9-11,26H2,1-3H3,(H,27,28,29)/t13-,14?/m0/s1. The van der Waals surface area contributed by atoms with E-state index < -0.39 is 0 Å². The molecule has 0 aliphatic carbocycles. The third kappa shape index (κ3) is 4.37. The van der Waals surface area contributed by atoms with Gasteiger partial charge in [-0.3, -0.25) is 0 Å². The predicted octanol–water partition coefficient (Wildman–Crippen LogP) is 3.61. The van der Waals surface area contributed by atoms with E-state index in [0.717, 1.165) is 21.5 Å². The van der Waals surface area contributed by atoms with Crippen molar-refractivity contribution in [3.63, 3.8) is 0 Å². The maximum atomic E-state index is 13.3. The number of fused-ring (bicyclic) bond motifs is 3. The summed E-state index contributed by atoms with van der Waals surface area (Å²) in [4.78, 5) is 28.1. The molecule has 184 valence electrons. The number of benzene rings is 1. The van der Waals surface area contributed by atoms with Gasteiger partial charge >= 0.3 is 6.03 Å². The third-order valence-corrected chi connectivity index (χ3v) is 7.54. The predicted molar refractivity (Wildman–Crippen MR) is 137 cm³/mol. The average molecular weight is 496 g/mol. The number of thiophene rings is 1. The molecule has 2 amide bonds. The Morgan fingerprint density at radius 3 is 2.77 bits per heavy atom. The molecule has 10 nitrogen and oxygen atoms in total. The average Bonchev–Trinajstić information content (AvgIpc) is 3.22. The largest absolute Gasteiger partial charge is 0.494 e. The molecule has 4 N–H and O–H groups in total. The molecule has 2 aromatic heterocycles. The van der Waals surface area contributed by atoms with Crippen molar-refractivity contribution in [2.45, 2.75) is 39.0 Å². The number of nitrogen functional groups attached to an aromatic ring is 1. The monoisotopic (exact) mass is 495 g/mol. The number of carbonyl (C=O) groups is 1. The van der Waals surface area contributed by atoms with Crippen molar-refractivity contribution in [3.8, 4) is 5.75 Å². The molecule has 0 spiro atoms. The molecular weight excluding hydrogens is 466 g/mol. The highest BCUT2D eigenvalue weighted by atomic mass is 32.1. The molecule has 1 fully saturated rings. The quantitative estimate of drug-likeness (QED) is 0.372. The zero-order valence-electron chi connectivity index (χ0n) is 20.0. The molecule has 35 heavy (non-hydrogen) atoms. The molecule has 4 heterocycles. The van der Waals surface area contributed by atoms with Crippen molar-refractivity contribution >= 4 is 51.0 Å². The van der Waals surface area contributed by atoms with E-state index in [4.69, 9.17) is 20.6 Å². The Kier molecular flexibility index (Phi) is 6.20. The van der Waals surface area contributed by atoms with E-state index in [-0.39, 0.29) is 18.2 Å². The summed E-state index contributed by atoms with van der Waals surface area (Å²) in [7, 11) is 1.58. The lowest BCUT2D eigenvalue weighted by Gasteiger charge is -2.39. The van der Waals surface area contributed by atoms with Gasteiger partial charge in [-0.05, 0) is 31.9 Å². The number of carbonyl (C=O) groups excluding carboxylic acids is 1. The summed E-state index contributed by atoms with van der Waals surface area (Å²) in [5.74, 6) is 1.23. The number of nitrogens with zero attached hydrogens (tertiary/aromatic N) is 4. The van der Waals surface area contributed by atoms with Crippen LogP contribution in [0.4, 0.5) is 22.0 Å². The summed E-state index contributed by atoms with van der Waals surface area (Å²) in [5.41, 5.74) is 8.91. The number of methoxy groups -OCH3 is 1. The number of morpholine rings is 1. The van der Waals surface area contributed by atoms with Crippen LogP contribution < -0.4 is 15.8 Å². The number of rotatable bonds is 4. The Hall–Kier alpha value is -3.44. The van der Waals surface area contributed by atoms with Gasteiger partial charge in [0.15, 0.2) is 0 Å². The van der Waals surface area contributed by atoms with Crippen LogP contribution in [-0.2, 0) is 17.7 Å². The normalized spacial score (nSPS) is 20.0. The fourth-order valence-corrected chi connectivity index (χ4v) is 6.05. The van der Waals surface area contributed by atoms with Crippen molar-refractivity contribution in [1.82, 2.24) is 19.8 Å². The Morgan fingerprint density at radius 1 is 1.29 bits per heavy atom. The molecule has 0 radical (unpaired) electrons. The Morgan fingerprint density at radius 2 is 2.06 bits per heavy atom. The molecule has 3 aromatic rings. The van der Waals surface area contributed by atoms with Gasteiger partial charge in [0.25, 0.3) is 0 Å². The molecular formula is C24H29N7O3S. The number of anilines is 3. The molecule has 2 aliphatic heterocycles. The number of hydrogen-bond acceptors (Lipinski definition) is 9. The molecule has 11 heteroatoms. The first-order valence-corrected chi connectivity index (χ1v) is 12.4. The summed E-state index contributed by atoms with van der Waals surface area (Å²) in [6, 6.07) is 3.53. The van der Waals surface area contributed by atoms with Crippen LogP contribution in [0.3, 0.4) is 0 Å². The van der Waals surface area contributed by atoms with Crippen LogP contribution in [0.25, 0.3) is 10.2 Å². The van der Waals surface area contributed by atoms with Crippen molar-refractivity contribution in [2.24, 2.45) is 0 Å². The van der Waals surface area contributed by atoms with E-state index in [2.05, 4.69) is 15.3 Å². The van der Waals surface area contributed by atoms with E-state index in [0.29, 0.717) is 54.7 Å². The van der Waals surface area contributed by atoms with Gasteiger partial charge in [0.1, 0.15) is 22.7 Å². The summed E-state index contributed by atoms with van der Waals surface area (Å²) < 4.78 is 11.3. The van der Waals surface area contributed by atoms with Crippen LogP contribution in [0.1, 0.15) is 29.9 Å². The van der Waals surface area contributed by atoms with Gasteiger partial charge < -0.3 is 35.7 Å². The van der Waals surface area contributed by atoms with Crippen LogP contribution in [0, 0.1) is 5.41 Å². The first-order valence-electron chi connectivity index (χ1n) is 11.6. The number of nitrogens with two attached hydrogens (primary N) is 1. The minimum absolute atomic E-state index is 0.0368. The van der Waals surface area contributed by atoms with Crippen LogP contribution in [-0.4, -0.2) is 71.0 Å². The lowest BCUT2D eigenvalue weighted by atomic mass is 10.0. The van der Waals surface area contributed by atoms with E-state index in [1.165, 1.54) is 18.1 Å². The van der Waals surface area contributed by atoms with Crippen molar-refractivity contribution in [2.75, 3.05) is 37.8 Å². The van der Waals surface area contributed by atoms with Gasteiger partial charge in [-0.1, -0.05) is 0 Å². The van der Waals surface area contributed by atoms with E-state index in [1.807, 2.05) is 23.6 Å². The molecule has 1 aromatic carbocycles. The number of aromatic nitrogens is 2. The second-order valence-electron chi connectivity index (χ2n) is 8.97. The summed E-state index contributed by atoms with van der Waals surface area (Å²) in [6.45, 7) is 6.42. The highest BCUT2D eigenvalue weighted by Crippen LogP contribution is 2.40. The number of hydrogen-bond donors (Lipinski definition) is 3. The third-order valence-electron chi connectivity index (χ3n) is 6.41. The summed E-state index contributed by atoms with van der Waals surface area (Å²) in [6.07, 6.45) is 3.55. The fourth-order valence-electron chi connectivity index (χ4n) is 4.85. The molecule has 0 bridgehead atoms. The van der Waals surface area contributed by atoms with Crippen LogP contribution in [0.2, 0.25) is 0 Å². The SMILES string of the molecule is COc1cc(N)c(C=N)cc1Nc1ncnc2sc3c(c12)CCN(C(=O)N1CC(C)O[C@@H](C)C1)C3. The van der Waals surface area contributed by atoms with Gasteiger partial charge in [-0.15, -0.1) is 11.3 Å². The highest BCUT2D eigenvalue weighted by Gasteiger charge is 2.32. The number of urea groups is 1. The van der Waals surface area contributed by atoms with Crippen LogP contribution in [0.15, 0.2) is 18.5 Å². The fraction of sp³-hybridized carbons (Fsp3) is 0.417.